The Morgan fingerprint density at radius 1 is 1.24 bits per heavy atom. The van der Waals surface area contributed by atoms with Crippen molar-refractivity contribution < 1.29 is 14.3 Å². The number of hydrogen-bond acceptors (Lipinski definition) is 3. The van der Waals surface area contributed by atoms with Crippen molar-refractivity contribution in [3.8, 4) is 5.75 Å². The summed E-state index contributed by atoms with van der Waals surface area (Å²) in [5.41, 5.74) is -0.926. The normalized spacial score (nSPS) is 23.0. The maximum absolute atomic E-state index is 12.7. The highest BCUT2D eigenvalue weighted by molar-refractivity contribution is 6.30. The molecule has 1 amide bonds. The predicted molar refractivity (Wildman–Crippen MR) is 82.7 cm³/mol. The van der Waals surface area contributed by atoms with Crippen LogP contribution in [0.2, 0.25) is 5.02 Å². The first-order valence-electron chi connectivity index (χ1n) is 7.17. The molecule has 2 atom stereocenters. The summed E-state index contributed by atoms with van der Waals surface area (Å²) in [4.78, 5) is 14.5. The van der Waals surface area contributed by atoms with E-state index in [9.17, 15) is 4.79 Å². The number of benzene rings is 1. The molecule has 0 unspecified atom stereocenters. The monoisotopic (exact) mass is 311 g/mol. The molecule has 1 aliphatic heterocycles. The van der Waals surface area contributed by atoms with Gasteiger partial charge in [-0.15, -0.1) is 0 Å². The van der Waals surface area contributed by atoms with Gasteiger partial charge in [0.2, 0.25) is 0 Å². The number of morpholine rings is 1. The van der Waals surface area contributed by atoms with Gasteiger partial charge in [-0.2, -0.15) is 0 Å². The molecule has 1 aromatic carbocycles. The van der Waals surface area contributed by atoms with Crippen molar-refractivity contribution in [1.29, 1.82) is 0 Å². The fourth-order valence-electron chi connectivity index (χ4n) is 2.57. The van der Waals surface area contributed by atoms with Crippen molar-refractivity contribution in [3.63, 3.8) is 0 Å². The van der Waals surface area contributed by atoms with Crippen LogP contribution in [0, 0.1) is 0 Å². The van der Waals surface area contributed by atoms with E-state index < -0.39 is 5.60 Å². The van der Waals surface area contributed by atoms with Gasteiger partial charge in [0.15, 0.2) is 5.60 Å². The van der Waals surface area contributed by atoms with Gasteiger partial charge < -0.3 is 14.4 Å². The van der Waals surface area contributed by atoms with E-state index in [1.807, 2.05) is 18.7 Å². The minimum Gasteiger partial charge on any atom is -0.478 e. The van der Waals surface area contributed by atoms with E-state index in [-0.39, 0.29) is 18.1 Å². The zero-order valence-electron chi connectivity index (χ0n) is 12.9. The zero-order valence-corrected chi connectivity index (χ0v) is 13.7. The van der Waals surface area contributed by atoms with Gasteiger partial charge in [0.1, 0.15) is 5.75 Å². The van der Waals surface area contributed by atoms with Crippen molar-refractivity contribution in [1.82, 2.24) is 4.90 Å². The van der Waals surface area contributed by atoms with Crippen LogP contribution in [-0.2, 0) is 9.53 Å². The lowest BCUT2D eigenvalue weighted by molar-refractivity contribution is -0.156. The van der Waals surface area contributed by atoms with Crippen LogP contribution >= 0.6 is 11.6 Å². The van der Waals surface area contributed by atoms with Gasteiger partial charge in [-0.1, -0.05) is 11.6 Å². The maximum Gasteiger partial charge on any atom is 0.266 e. The van der Waals surface area contributed by atoms with Gasteiger partial charge >= 0.3 is 0 Å². The summed E-state index contributed by atoms with van der Waals surface area (Å²) in [6.45, 7) is 8.71. The Bertz CT molecular complexity index is 491. The number of halogens is 1. The van der Waals surface area contributed by atoms with Gasteiger partial charge in [-0.05, 0) is 52.0 Å². The molecule has 4 nitrogen and oxygen atoms in total. The van der Waals surface area contributed by atoms with Crippen molar-refractivity contribution in [3.05, 3.63) is 29.3 Å². The molecule has 0 aromatic heterocycles. The SMILES string of the molecule is C[C@@H]1CN(C(=O)C(C)(C)Oc2ccc(Cl)cc2)C[C@H](C)O1. The average molecular weight is 312 g/mol. The van der Waals surface area contributed by atoms with Crippen molar-refractivity contribution in [2.45, 2.75) is 45.5 Å². The third-order valence-corrected chi connectivity index (χ3v) is 3.66. The number of carbonyl (C=O) groups is 1. The highest BCUT2D eigenvalue weighted by atomic mass is 35.5. The van der Waals surface area contributed by atoms with Crippen LogP contribution in [0.4, 0.5) is 0 Å². The van der Waals surface area contributed by atoms with Gasteiger partial charge in [0.25, 0.3) is 5.91 Å². The Labute approximate surface area is 131 Å². The summed E-state index contributed by atoms with van der Waals surface area (Å²) in [6, 6.07) is 7.02. The van der Waals surface area contributed by atoms with E-state index in [1.54, 1.807) is 38.1 Å². The molecule has 1 aliphatic rings. The largest absolute Gasteiger partial charge is 0.478 e. The van der Waals surface area contributed by atoms with E-state index in [1.165, 1.54) is 0 Å². The third kappa shape index (κ3) is 4.11. The Morgan fingerprint density at radius 3 is 2.29 bits per heavy atom. The Hall–Kier alpha value is -1.26. The molecule has 21 heavy (non-hydrogen) atoms. The van der Waals surface area contributed by atoms with Gasteiger partial charge in [-0.3, -0.25) is 4.79 Å². The Balaban J connectivity index is 2.07. The molecule has 1 heterocycles. The van der Waals surface area contributed by atoms with E-state index in [0.717, 1.165) is 0 Å². The highest BCUT2D eigenvalue weighted by Crippen LogP contribution is 2.23. The first kappa shape index (κ1) is 16.1. The smallest absolute Gasteiger partial charge is 0.266 e. The molecule has 1 fully saturated rings. The van der Waals surface area contributed by atoms with Crippen LogP contribution in [0.15, 0.2) is 24.3 Å². The lowest BCUT2D eigenvalue weighted by Crippen LogP contribution is -2.55. The first-order chi connectivity index (χ1) is 9.78. The summed E-state index contributed by atoms with van der Waals surface area (Å²) < 4.78 is 11.5. The molecular formula is C16H22ClNO3. The third-order valence-electron chi connectivity index (χ3n) is 3.41. The minimum atomic E-state index is -0.926. The molecular weight excluding hydrogens is 290 g/mol. The van der Waals surface area contributed by atoms with Gasteiger partial charge in [0, 0.05) is 18.1 Å². The number of rotatable bonds is 3. The fraction of sp³-hybridized carbons (Fsp3) is 0.562. The average Bonchev–Trinajstić information content (AvgIpc) is 2.39. The molecule has 0 radical (unpaired) electrons. The molecule has 0 bridgehead atoms. The van der Waals surface area contributed by atoms with Crippen LogP contribution in [0.3, 0.4) is 0 Å². The fourth-order valence-corrected chi connectivity index (χ4v) is 2.69. The van der Waals surface area contributed by atoms with Gasteiger partial charge in [0.05, 0.1) is 12.2 Å². The minimum absolute atomic E-state index is 0.0283. The Kier molecular flexibility index (Phi) is 4.79. The molecule has 0 N–H and O–H groups in total. The topological polar surface area (TPSA) is 38.8 Å². The number of hydrogen-bond donors (Lipinski definition) is 0. The molecule has 0 saturated carbocycles. The van der Waals surface area contributed by atoms with E-state index >= 15 is 0 Å². The standard InChI is InChI=1S/C16H22ClNO3/c1-11-9-18(10-12(2)20-11)15(19)16(3,4)21-14-7-5-13(17)6-8-14/h5-8,11-12H,9-10H2,1-4H3/t11-,12+. The van der Waals surface area contributed by atoms with E-state index in [0.29, 0.717) is 23.9 Å². The van der Waals surface area contributed by atoms with Crippen molar-refractivity contribution >= 4 is 17.5 Å². The lowest BCUT2D eigenvalue weighted by atomic mass is 10.1. The molecule has 1 saturated heterocycles. The number of nitrogens with zero attached hydrogens (tertiary/aromatic N) is 1. The summed E-state index contributed by atoms with van der Waals surface area (Å²) in [5.74, 6) is 0.603. The second-order valence-electron chi connectivity index (χ2n) is 6.03. The van der Waals surface area contributed by atoms with Crippen LogP contribution in [0.25, 0.3) is 0 Å². The molecule has 2 rings (SSSR count). The highest BCUT2D eigenvalue weighted by Gasteiger charge is 2.37. The molecule has 0 aliphatic carbocycles. The van der Waals surface area contributed by atoms with E-state index in [4.69, 9.17) is 21.1 Å². The molecule has 0 spiro atoms. The van der Waals surface area contributed by atoms with Crippen molar-refractivity contribution in [2.75, 3.05) is 13.1 Å². The first-order valence-corrected chi connectivity index (χ1v) is 7.55. The van der Waals surface area contributed by atoms with Crippen LogP contribution in [-0.4, -0.2) is 41.7 Å². The van der Waals surface area contributed by atoms with Crippen LogP contribution in [0.1, 0.15) is 27.7 Å². The predicted octanol–water partition coefficient (Wildman–Crippen LogP) is 3.13. The molecule has 116 valence electrons. The lowest BCUT2D eigenvalue weighted by Gasteiger charge is -2.39. The maximum atomic E-state index is 12.7. The molecule has 5 heteroatoms. The van der Waals surface area contributed by atoms with Crippen LogP contribution < -0.4 is 4.74 Å². The molecule has 1 aromatic rings. The number of carbonyl (C=O) groups excluding carboxylic acids is 1. The number of amides is 1. The second-order valence-corrected chi connectivity index (χ2v) is 6.47. The zero-order chi connectivity index (χ0) is 15.6. The summed E-state index contributed by atoms with van der Waals surface area (Å²) >= 11 is 5.85. The second kappa shape index (κ2) is 6.24. The quantitative estimate of drug-likeness (QED) is 0.861. The Morgan fingerprint density at radius 2 is 1.76 bits per heavy atom. The van der Waals surface area contributed by atoms with E-state index in [2.05, 4.69) is 0 Å². The van der Waals surface area contributed by atoms with Crippen molar-refractivity contribution in [2.24, 2.45) is 0 Å². The summed E-state index contributed by atoms with van der Waals surface area (Å²) in [7, 11) is 0. The summed E-state index contributed by atoms with van der Waals surface area (Å²) in [6.07, 6.45) is 0.0908. The van der Waals surface area contributed by atoms with Crippen LogP contribution in [0.5, 0.6) is 5.75 Å². The number of ether oxygens (including phenoxy) is 2. The summed E-state index contributed by atoms with van der Waals surface area (Å²) in [5, 5.41) is 0.641. The van der Waals surface area contributed by atoms with Gasteiger partial charge in [-0.25, -0.2) is 0 Å².